The second-order valence-electron chi connectivity index (χ2n) is 20.4. The largest absolute Gasteiger partial charge is 0.480 e. The third-order valence-corrected chi connectivity index (χ3v) is 11.1. The molecule has 0 fully saturated rings. The number of carbonyl (C=O) groups is 8. The van der Waals surface area contributed by atoms with Crippen molar-refractivity contribution in [3.8, 4) is 0 Å². The normalized spacial score (nSPS) is 15.2. The molecule has 20 heteroatoms. The molecule has 394 valence electrons. The van der Waals surface area contributed by atoms with Crippen LogP contribution in [0.5, 0.6) is 0 Å². The second kappa shape index (κ2) is 34.8. The molecule has 0 spiro atoms. The molecule has 0 aromatic rings. The molecule has 0 heterocycles. The first-order valence-electron chi connectivity index (χ1n) is 25.1. The van der Waals surface area contributed by atoms with Gasteiger partial charge in [0.25, 0.3) is 0 Å². The van der Waals surface area contributed by atoms with Crippen molar-refractivity contribution in [2.45, 2.75) is 207 Å². The average molecular weight is 968 g/mol. The Balaban J connectivity index is 6.55. The van der Waals surface area contributed by atoms with Gasteiger partial charge in [-0.05, 0) is 133 Å². The van der Waals surface area contributed by atoms with E-state index < -0.39 is 95.7 Å². The number of hydrogen-bond donors (Lipinski definition) is 12. The van der Waals surface area contributed by atoms with Crippen LogP contribution >= 0.6 is 0 Å². The van der Waals surface area contributed by atoms with Crippen LogP contribution in [0.2, 0.25) is 0 Å². The van der Waals surface area contributed by atoms with E-state index in [1.165, 1.54) is 0 Å². The molecule has 8 unspecified atom stereocenters. The van der Waals surface area contributed by atoms with Crippen molar-refractivity contribution in [1.29, 1.82) is 0 Å². The van der Waals surface area contributed by atoms with E-state index in [1.807, 2.05) is 69.2 Å². The SMILES string of the molecule is CC(C)CC(NC(=O)C(N)CCCCN)C(=O)NC(CC(C)C)C(=O)NC(CC(C)C)C(=O)NC(CCCCN)C(=O)NC(CC(C)C)C(=O)NC(CC(C)C)C(=O)NC(CCCCN)C(=O)O. The maximum absolute atomic E-state index is 14.2. The van der Waals surface area contributed by atoms with Crippen LogP contribution in [0.1, 0.15) is 159 Å². The number of carboxylic acid groups (broad SMARTS) is 1. The summed E-state index contributed by atoms with van der Waals surface area (Å²) in [4.78, 5) is 109. The summed E-state index contributed by atoms with van der Waals surface area (Å²) in [5.41, 5.74) is 23.1. The van der Waals surface area contributed by atoms with Crippen LogP contribution in [0.3, 0.4) is 0 Å². The van der Waals surface area contributed by atoms with Gasteiger partial charge in [0, 0.05) is 0 Å². The van der Waals surface area contributed by atoms with Crippen LogP contribution in [-0.4, -0.2) is 120 Å². The van der Waals surface area contributed by atoms with Crippen LogP contribution in [0.15, 0.2) is 0 Å². The Hall–Kier alpha value is -4.40. The van der Waals surface area contributed by atoms with Crippen molar-refractivity contribution in [2.24, 2.45) is 52.5 Å². The summed E-state index contributed by atoms with van der Waals surface area (Å²) in [6, 6.07) is -8.62. The Kier molecular flexibility index (Phi) is 32.6. The van der Waals surface area contributed by atoms with E-state index in [0.717, 1.165) is 0 Å². The summed E-state index contributed by atoms with van der Waals surface area (Å²) >= 11 is 0. The molecular weight excluding hydrogens is 875 g/mol. The minimum Gasteiger partial charge on any atom is -0.480 e. The standard InChI is InChI=1S/C48H93N11O9/c1-28(2)23-36(55-41(60)33(52)17-11-14-20-49)45(64)59-40(27-32(9)10)47(66)57-37(24-29(3)4)43(62)53-34(18-12-15-21-50)42(61)56-39(26-31(7)8)46(65)58-38(25-30(5)6)44(63)54-35(48(67)68)19-13-16-22-51/h28-40H,11-27,49-52H2,1-10H3,(H,53,62)(H,54,63)(H,55,60)(H,56,61)(H,57,66)(H,58,65)(H,59,64)(H,67,68). The Labute approximate surface area is 406 Å². The van der Waals surface area contributed by atoms with E-state index in [0.29, 0.717) is 64.6 Å². The molecule has 0 bridgehead atoms. The van der Waals surface area contributed by atoms with Gasteiger partial charge in [0.2, 0.25) is 41.4 Å². The molecule has 0 aromatic carbocycles. The van der Waals surface area contributed by atoms with E-state index in [9.17, 15) is 43.5 Å². The van der Waals surface area contributed by atoms with E-state index in [4.69, 9.17) is 22.9 Å². The summed E-state index contributed by atoms with van der Waals surface area (Å²) in [6.45, 7) is 19.9. The molecule has 8 atom stereocenters. The molecule has 0 aromatic heterocycles. The molecule has 0 saturated heterocycles. The van der Waals surface area contributed by atoms with Gasteiger partial charge in [0.1, 0.15) is 42.3 Å². The number of amides is 7. The van der Waals surface area contributed by atoms with E-state index >= 15 is 0 Å². The van der Waals surface area contributed by atoms with Crippen molar-refractivity contribution in [2.75, 3.05) is 19.6 Å². The van der Waals surface area contributed by atoms with Crippen LogP contribution in [0.4, 0.5) is 0 Å². The van der Waals surface area contributed by atoms with Gasteiger partial charge >= 0.3 is 5.97 Å². The molecule has 0 radical (unpaired) electrons. The lowest BCUT2D eigenvalue weighted by Crippen LogP contribution is -2.60. The van der Waals surface area contributed by atoms with E-state index in [-0.39, 0.29) is 74.5 Å². The number of hydrogen-bond acceptors (Lipinski definition) is 12. The van der Waals surface area contributed by atoms with Crippen LogP contribution in [0, 0.1) is 29.6 Å². The van der Waals surface area contributed by atoms with Crippen LogP contribution in [0.25, 0.3) is 0 Å². The Morgan fingerprint density at radius 1 is 0.338 bits per heavy atom. The molecule has 0 rings (SSSR count). The molecule has 0 aliphatic carbocycles. The Morgan fingerprint density at radius 2 is 0.559 bits per heavy atom. The first kappa shape index (κ1) is 63.6. The predicted octanol–water partition coefficient (Wildman–Crippen LogP) is 1.41. The predicted molar refractivity (Wildman–Crippen MR) is 265 cm³/mol. The van der Waals surface area contributed by atoms with Gasteiger partial charge in [-0.2, -0.15) is 0 Å². The lowest BCUT2D eigenvalue weighted by Gasteiger charge is -2.29. The highest BCUT2D eigenvalue weighted by molar-refractivity contribution is 5.97. The third kappa shape index (κ3) is 27.6. The zero-order chi connectivity index (χ0) is 52.1. The van der Waals surface area contributed by atoms with Crippen LogP contribution < -0.4 is 60.2 Å². The summed E-state index contributed by atoms with van der Waals surface area (Å²) in [6.07, 6.45) is 5.15. The molecular formula is C48H93N11O9. The maximum atomic E-state index is 14.2. The number of unbranched alkanes of at least 4 members (excludes halogenated alkanes) is 3. The van der Waals surface area contributed by atoms with E-state index in [2.05, 4.69) is 37.2 Å². The van der Waals surface area contributed by atoms with Crippen molar-refractivity contribution in [3.05, 3.63) is 0 Å². The number of nitrogens with one attached hydrogen (secondary N) is 7. The second-order valence-corrected chi connectivity index (χ2v) is 20.4. The number of aliphatic carboxylic acids is 1. The monoisotopic (exact) mass is 968 g/mol. The van der Waals surface area contributed by atoms with Crippen molar-refractivity contribution in [3.63, 3.8) is 0 Å². The highest BCUT2D eigenvalue weighted by atomic mass is 16.4. The maximum Gasteiger partial charge on any atom is 0.326 e. The van der Waals surface area contributed by atoms with Gasteiger partial charge in [-0.25, -0.2) is 4.79 Å². The summed E-state index contributed by atoms with van der Waals surface area (Å²) in [5.74, 6) is -5.84. The lowest BCUT2D eigenvalue weighted by atomic mass is 9.98. The zero-order valence-corrected chi connectivity index (χ0v) is 43.0. The molecule has 68 heavy (non-hydrogen) atoms. The minimum atomic E-state index is -1.21. The number of carbonyl (C=O) groups excluding carboxylic acids is 7. The first-order chi connectivity index (χ1) is 31.9. The van der Waals surface area contributed by atoms with Gasteiger partial charge in [0.15, 0.2) is 0 Å². The van der Waals surface area contributed by atoms with E-state index in [1.54, 1.807) is 0 Å². The topological polar surface area (TPSA) is 345 Å². The molecule has 0 aliphatic heterocycles. The summed E-state index contributed by atoms with van der Waals surface area (Å²) in [5, 5.41) is 29.1. The lowest BCUT2D eigenvalue weighted by molar-refractivity contribution is -0.142. The highest BCUT2D eigenvalue weighted by Gasteiger charge is 2.35. The van der Waals surface area contributed by atoms with Crippen LogP contribution in [-0.2, 0) is 38.4 Å². The first-order valence-corrected chi connectivity index (χ1v) is 25.1. The quantitative estimate of drug-likeness (QED) is 0.0393. The van der Waals surface area contributed by atoms with Gasteiger partial charge in [-0.1, -0.05) is 75.7 Å². The molecule has 16 N–H and O–H groups in total. The summed E-state index contributed by atoms with van der Waals surface area (Å²) < 4.78 is 0. The van der Waals surface area contributed by atoms with Crippen molar-refractivity contribution in [1.82, 2.24) is 37.2 Å². The van der Waals surface area contributed by atoms with Crippen molar-refractivity contribution >= 4 is 47.3 Å². The number of carboxylic acids is 1. The minimum absolute atomic E-state index is 0.00427. The van der Waals surface area contributed by atoms with Crippen molar-refractivity contribution < 1.29 is 43.5 Å². The molecule has 7 amide bonds. The third-order valence-electron chi connectivity index (χ3n) is 11.1. The van der Waals surface area contributed by atoms with Gasteiger partial charge in [0.05, 0.1) is 6.04 Å². The average Bonchev–Trinajstić information content (AvgIpc) is 3.23. The molecule has 0 saturated carbocycles. The molecule has 0 aliphatic rings. The molecule has 20 nitrogen and oxygen atoms in total. The number of rotatable bonds is 37. The summed E-state index contributed by atoms with van der Waals surface area (Å²) in [7, 11) is 0. The fourth-order valence-electron chi connectivity index (χ4n) is 7.58. The fourth-order valence-corrected chi connectivity index (χ4v) is 7.58. The smallest absolute Gasteiger partial charge is 0.326 e. The fraction of sp³-hybridized carbons (Fsp3) is 0.833. The Morgan fingerprint density at radius 3 is 0.824 bits per heavy atom. The van der Waals surface area contributed by atoms with Gasteiger partial charge in [-0.15, -0.1) is 0 Å². The van der Waals surface area contributed by atoms with Gasteiger partial charge in [-0.3, -0.25) is 33.6 Å². The number of nitrogens with two attached hydrogens (primary N) is 4. The van der Waals surface area contributed by atoms with Gasteiger partial charge < -0.3 is 65.3 Å². The Bertz CT molecular complexity index is 1550. The highest BCUT2D eigenvalue weighted by Crippen LogP contribution is 2.15. The zero-order valence-electron chi connectivity index (χ0n) is 43.0.